The molecule has 0 unspecified atom stereocenters. The molecule has 1 aromatic carbocycles. The maximum atomic E-state index is 6.24. The van der Waals surface area contributed by atoms with Gasteiger partial charge in [0.05, 0.1) is 25.4 Å². The maximum Gasteiger partial charge on any atom is 0.180 e. The maximum absolute atomic E-state index is 6.24. The van der Waals surface area contributed by atoms with E-state index in [2.05, 4.69) is 10.2 Å². The summed E-state index contributed by atoms with van der Waals surface area (Å²) in [7, 11) is 3.13. The van der Waals surface area contributed by atoms with Gasteiger partial charge >= 0.3 is 0 Å². The number of nitrogens with one attached hydrogen (secondary N) is 1. The third-order valence-electron chi connectivity index (χ3n) is 2.29. The number of aromatic nitrogens is 2. The van der Waals surface area contributed by atoms with Gasteiger partial charge in [0.15, 0.2) is 11.5 Å². The van der Waals surface area contributed by atoms with Crippen LogP contribution in [0, 0.1) is 0 Å². The molecule has 0 amide bonds. The SMILES string of the molecule is COc1ccc(-c2cn[nH]c2)c(Cl)c1OC. The van der Waals surface area contributed by atoms with Crippen LogP contribution in [0.4, 0.5) is 0 Å². The van der Waals surface area contributed by atoms with E-state index in [0.717, 1.165) is 11.1 Å². The highest BCUT2D eigenvalue weighted by molar-refractivity contribution is 6.35. The van der Waals surface area contributed by atoms with Crippen molar-refractivity contribution in [1.29, 1.82) is 0 Å². The van der Waals surface area contributed by atoms with Crippen LogP contribution in [0.15, 0.2) is 24.5 Å². The minimum atomic E-state index is 0.517. The minimum Gasteiger partial charge on any atom is -0.493 e. The Kier molecular flexibility index (Phi) is 3.01. The van der Waals surface area contributed by atoms with Crippen LogP contribution in [0.3, 0.4) is 0 Å². The van der Waals surface area contributed by atoms with Gasteiger partial charge < -0.3 is 9.47 Å². The molecule has 5 heteroatoms. The van der Waals surface area contributed by atoms with Crippen molar-refractivity contribution in [3.63, 3.8) is 0 Å². The molecule has 0 fully saturated rings. The van der Waals surface area contributed by atoms with Crippen molar-refractivity contribution in [3.8, 4) is 22.6 Å². The molecule has 0 spiro atoms. The molecule has 1 N–H and O–H groups in total. The second kappa shape index (κ2) is 4.45. The molecule has 1 aromatic heterocycles. The van der Waals surface area contributed by atoms with Gasteiger partial charge in [0.1, 0.15) is 0 Å². The molecule has 16 heavy (non-hydrogen) atoms. The Bertz CT molecular complexity index is 483. The molecule has 2 rings (SSSR count). The zero-order valence-electron chi connectivity index (χ0n) is 8.95. The normalized spacial score (nSPS) is 10.2. The number of aromatic amines is 1. The number of H-pyrrole nitrogens is 1. The van der Waals surface area contributed by atoms with Gasteiger partial charge in [-0.2, -0.15) is 5.10 Å². The van der Waals surface area contributed by atoms with Gasteiger partial charge in [-0.05, 0) is 12.1 Å². The lowest BCUT2D eigenvalue weighted by atomic mass is 10.1. The molecule has 0 aliphatic heterocycles. The zero-order chi connectivity index (χ0) is 11.5. The van der Waals surface area contributed by atoms with Gasteiger partial charge in [0.2, 0.25) is 0 Å². The fourth-order valence-corrected chi connectivity index (χ4v) is 1.85. The Hall–Kier alpha value is -1.68. The van der Waals surface area contributed by atoms with E-state index in [-0.39, 0.29) is 0 Å². The monoisotopic (exact) mass is 238 g/mol. The van der Waals surface area contributed by atoms with Crippen molar-refractivity contribution in [2.45, 2.75) is 0 Å². The van der Waals surface area contributed by atoms with Crippen LogP contribution in [0.25, 0.3) is 11.1 Å². The van der Waals surface area contributed by atoms with Crippen LogP contribution in [0.1, 0.15) is 0 Å². The van der Waals surface area contributed by atoms with E-state index in [4.69, 9.17) is 21.1 Å². The molecule has 84 valence electrons. The average Bonchev–Trinajstić information content (AvgIpc) is 2.81. The molecular formula is C11H11ClN2O2. The van der Waals surface area contributed by atoms with Crippen LogP contribution in [0.5, 0.6) is 11.5 Å². The van der Waals surface area contributed by atoms with E-state index in [9.17, 15) is 0 Å². The van der Waals surface area contributed by atoms with E-state index >= 15 is 0 Å². The first-order chi connectivity index (χ1) is 7.77. The molecular weight excluding hydrogens is 228 g/mol. The highest BCUT2D eigenvalue weighted by Crippen LogP contribution is 2.41. The van der Waals surface area contributed by atoms with E-state index in [1.165, 1.54) is 0 Å². The van der Waals surface area contributed by atoms with Crippen molar-refractivity contribution < 1.29 is 9.47 Å². The van der Waals surface area contributed by atoms with Gasteiger partial charge in [-0.15, -0.1) is 0 Å². The van der Waals surface area contributed by atoms with Crippen molar-refractivity contribution in [2.24, 2.45) is 0 Å². The van der Waals surface area contributed by atoms with Gasteiger partial charge in [-0.1, -0.05) is 11.6 Å². The summed E-state index contributed by atoms with van der Waals surface area (Å²) < 4.78 is 10.4. The molecule has 1 heterocycles. The fraction of sp³-hybridized carbons (Fsp3) is 0.182. The summed E-state index contributed by atoms with van der Waals surface area (Å²) in [4.78, 5) is 0. The van der Waals surface area contributed by atoms with Crippen molar-refractivity contribution in [1.82, 2.24) is 10.2 Å². The highest BCUT2D eigenvalue weighted by Gasteiger charge is 2.14. The number of hydrogen-bond acceptors (Lipinski definition) is 3. The van der Waals surface area contributed by atoms with Crippen LogP contribution < -0.4 is 9.47 Å². The summed E-state index contributed by atoms with van der Waals surface area (Å²) in [6.07, 6.45) is 3.47. The Morgan fingerprint density at radius 2 is 2.06 bits per heavy atom. The van der Waals surface area contributed by atoms with Gasteiger partial charge in [-0.3, -0.25) is 5.10 Å². The van der Waals surface area contributed by atoms with Crippen LogP contribution in [-0.2, 0) is 0 Å². The molecule has 0 saturated heterocycles. The summed E-state index contributed by atoms with van der Waals surface area (Å²) in [5.41, 5.74) is 1.76. The zero-order valence-corrected chi connectivity index (χ0v) is 9.71. The quantitative estimate of drug-likeness (QED) is 0.895. The van der Waals surface area contributed by atoms with Crippen molar-refractivity contribution in [2.75, 3.05) is 14.2 Å². The number of halogens is 1. The minimum absolute atomic E-state index is 0.517. The molecule has 0 aliphatic rings. The van der Waals surface area contributed by atoms with E-state index in [0.29, 0.717) is 16.5 Å². The second-order valence-electron chi connectivity index (χ2n) is 3.15. The van der Waals surface area contributed by atoms with Crippen LogP contribution in [-0.4, -0.2) is 24.4 Å². The Morgan fingerprint density at radius 1 is 1.25 bits per heavy atom. The first kappa shape index (κ1) is 10.8. The average molecular weight is 239 g/mol. The molecule has 0 atom stereocenters. The Morgan fingerprint density at radius 3 is 2.62 bits per heavy atom. The lowest BCUT2D eigenvalue weighted by Crippen LogP contribution is -1.92. The summed E-state index contributed by atoms with van der Waals surface area (Å²) in [6, 6.07) is 3.68. The summed E-state index contributed by atoms with van der Waals surface area (Å²) in [5, 5.41) is 7.14. The van der Waals surface area contributed by atoms with E-state index in [1.54, 1.807) is 26.6 Å². The molecule has 0 saturated carbocycles. The molecule has 0 bridgehead atoms. The van der Waals surface area contributed by atoms with Gasteiger partial charge in [-0.25, -0.2) is 0 Å². The van der Waals surface area contributed by atoms with E-state index in [1.807, 2.05) is 12.1 Å². The second-order valence-corrected chi connectivity index (χ2v) is 3.53. The van der Waals surface area contributed by atoms with Crippen molar-refractivity contribution >= 4 is 11.6 Å². The number of hydrogen-bond donors (Lipinski definition) is 1. The third-order valence-corrected chi connectivity index (χ3v) is 2.67. The summed E-state index contributed by atoms with van der Waals surface area (Å²) >= 11 is 6.24. The standard InChI is InChI=1S/C11H11ClN2O2/c1-15-9-4-3-8(7-5-13-14-6-7)10(12)11(9)16-2/h3-6H,1-2H3,(H,13,14). The van der Waals surface area contributed by atoms with Crippen LogP contribution >= 0.6 is 11.6 Å². The number of ether oxygens (including phenoxy) is 2. The predicted octanol–water partition coefficient (Wildman–Crippen LogP) is 2.75. The smallest absolute Gasteiger partial charge is 0.180 e. The Balaban J connectivity index is 2.57. The number of benzene rings is 1. The molecule has 0 radical (unpaired) electrons. The summed E-state index contributed by atoms with van der Waals surface area (Å²) in [5.74, 6) is 1.14. The largest absolute Gasteiger partial charge is 0.493 e. The van der Waals surface area contributed by atoms with E-state index < -0.39 is 0 Å². The fourth-order valence-electron chi connectivity index (χ4n) is 1.51. The highest BCUT2D eigenvalue weighted by atomic mass is 35.5. The first-order valence-electron chi connectivity index (χ1n) is 4.67. The van der Waals surface area contributed by atoms with Crippen LogP contribution in [0.2, 0.25) is 5.02 Å². The number of rotatable bonds is 3. The summed E-state index contributed by atoms with van der Waals surface area (Å²) in [6.45, 7) is 0. The molecule has 2 aromatic rings. The number of nitrogens with zero attached hydrogens (tertiary/aromatic N) is 1. The lowest BCUT2D eigenvalue weighted by molar-refractivity contribution is 0.355. The third kappa shape index (κ3) is 1.72. The molecule has 0 aliphatic carbocycles. The number of methoxy groups -OCH3 is 2. The first-order valence-corrected chi connectivity index (χ1v) is 5.05. The van der Waals surface area contributed by atoms with Gasteiger partial charge in [0, 0.05) is 17.3 Å². The predicted molar refractivity (Wildman–Crippen MR) is 62.1 cm³/mol. The van der Waals surface area contributed by atoms with Gasteiger partial charge in [0.25, 0.3) is 0 Å². The lowest BCUT2D eigenvalue weighted by Gasteiger charge is -2.11. The van der Waals surface area contributed by atoms with Crippen molar-refractivity contribution in [3.05, 3.63) is 29.5 Å². The topological polar surface area (TPSA) is 47.1 Å². The Labute approximate surface area is 98.1 Å². The molecule has 4 nitrogen and oxygen atoms in total.